The number of carbonyl (C=O) groups is 1. The molecule has 12 unspecified atom stereocenters. The standard InChI is InChI=1S/C28H44O9S/c1-15(21-14-25(3)27(5,37-25)23(30)35-21)28(31)11-9-19-18-7-6-16-12-17(36-38(32,33)34)13-22(29)26(16,4)20(18)8-10-24(19,28)2/h6,15,17-21,23,30-34H,7-14H2,1-5H3. The van der Waals surface area contributed by atoms with Crippen LogP contribution in [0.25, 0.3) is 0 Å². The van der Waals surface area contributed by atoms with E-state index >= 15 is 0 Å². The first-order valence-electron chi connectivity index (χ1n) is 14.2. The lowest BCUT2D eigenvalue weighted by molar-refractivity contribution is -0.231. The Bertz CT molecular complexity index is 1060. The molecule has 0 aromatic rings. The number of Topliss-reactive ketones (excluding diaryl/α,β-unsaturated/α-hetero) is 1. The summed E-state index contributed by atoms with van der Waals surface area (Å²) in [6, 6.07) is 0. The molecule has 216 valence electrons. The summed E-state index contributed by atoms with van der Waals surface area (Å²) in [7, 11) is 0. The van der Waals surface area contributed by atoms with E-state index in [1.807, 2.05) is 20.8 Å². The molecule has 12 atom stereocenters. The number of rotatable bonds is 4. The van der Waals surface area contributed by atoms with E-state index in [9.17, 15) is 28.7 Å². The number of ether oxygens (including phenoxy) is 2. The third-order valence-corrected chi connectivity index (χ3v) is 13.1. The molecule has 5 fully saturated rings. The fraction of sp³-hybridized carbons (Fsp3) is 0.893. The van der Waals surface area contributed by atoms with Gasteiger partial charge in [0.05, 0.1) is 23.2 Å². The Morgan fingerprint density at radius 3 is 2.42 bits per heavy atom. The van der Waals surface area contributed by atoms with Gasteiger partial charge in [0, 0.05) is 18.8 Å². The highest BCUT2D eigenvalue weighted by atomic mass is 32.3. The highest BCUT2D eigenvalue weighted by Crippen LogP contribution is 2.69. The van der Waals surface area contributed by atoms with Gasteiger partial charge in [0.15, 0.2) is 6.29 Å². The van der Waals surface area contributed by atoms with E-state index in [4.69, 9.17) is 13.7 Å². The van der Waals surface area contributed by atoms with Crippen molar-refractivity contribution in [2.24, 2.45) is 34.5 Å². The lowest BCUT2D eigenvalue weighted by atomic mass is 9.46. The Morgan fingerprint density at radius 1 is 1.08 bits per heavy atom. The van der Waals surface area contributed by atoms with Crippen LogP contribution in [-0.2, 0) is 18.5 Å². The third kappa shape index (κ3) is 3.57. The Balaban J connectivity index is 1.24. The number of hydrogen-bond acceptors (Lipinski definition) is 9. The van der Waals surface area contributed by atoms with E-state index in [-0.39, 0.29) is 47.4 Å². The van der Waals surface area contributed by atoms with Crippen LogP contribution >= 0.6 is 11.2 Å². The molecule has 3 saturated carbocycles. The lowest BCUT2D eigenvalue weighted by Gasteiger charge is -2.59. The fourth-order valence-electron chi connectivity index (χ4n) is 9.86. The first kappa shape index (κ1) is 27.6. The Morgan fingerprint density at radius 2 is 1.76 bits per heavy atom. The van der Waals surface area contributed by atoms with Gasteiger partial charge in [-0.1, -0.05) is 25.5 Å². The number of allylic oxidation sites excluding steroid dienone is 1. The average Bonchev–Trinajstić information content (AvgIpc) is 3.28. The van der Waals surface area contributed by atoms with Crippen LogP contribution in [0.5, 0.6) is 0 Å². The summed E-state index contributed by atoms with van der Waals surface area (Å²) in [6.45, 7) is 10.2. The van der Waals surface area contributed by atoms with Gasteiger partial charge < -0.3 is 19.7 Å². The topological polar surface area (TPSA) is 149 Å². The minimum atomic E-state index is -4.13. The molecule has 0 radical (unpaired) electrons. The molecule has 38 heavy (non-hydrogen) atoms. The molecule has 0 aromatic heterocycles. The van der Waals surface area contributed by atoms with Gasteiger partial charge in [-0.2, -0.15) is 0 Å². The number of aliphatic hydroxyl groups is 2. The van der Waals surface area contributed by atoms with Crippen molar-refractivity contribution in [2.45, 2.75) is 121 Å². The molecule has 10 heteroatoms. The van der Waals surface area contributed by atoms with Gasteiger partial charge in [-0.15, -0.1) is 0 Å². The molecule has 0 spiro atoms. The summed E-state index contributed by atoms with van der Waals surface area (Å²) in [6.07, 6.45) is 5.10. The maximum Gasteiger partial charge on any atom is 0.216 e. The smallest absolute Gasteiger partial charge is 0.216 e. The van der Waals surface area contributed by atoms with Gasteiger partial charge in [0.1, 0.15) is 17.0 Å². The van der Waals surface area contributed by atoms with Crippen molar-refractivity contribution in [1.82, 2.24) is 0 Å². The first-order valence-corrected chi connectivity index (χ1v) is 15.6. The van der Waals surface area contributed by atoms with Crippen LogP contribution in [0, 0.1) is 34.5 Å². The first-order chi connectivity index (χ1) is 17.5. The Hall–Kier alpha value is -0.560. The second-order valence-corrected chi connectivity index (χ2v) is 15.1. The van der Waals surface area contributed by atoms with Crippen LogP contribution in [0.4, 0.5) is 0 Å². The third-order valence-electron chi connectivity index (χ3n) is 12.5. The van der Waals surface area contributed by atoms with Crippen molar-refractivity contribution in [2.75, 3.05) is 0 Å². The maximum atomic E-state index is 13.6. The van der Waals surface area contributed by atoms with E-state index in [0.29, 0.717) is 19.3 Å². The molecule has 6 rings (SSSR count). The number of fused-ring (bicyclic) bond motifs is 6. The van der Waals surface area contributed by atoms with Gasteiger partial charge >= 0.3 is 0 Å². The second kappa shape index (κ2) is 8.26. The zero-order chi connectivity index (χ0) is 27.7. The van der Waals surface area contributed by atoms with Crippen LogP contribution in [-0.4, -0.2) is 65.0 Å². The summed E-state index contributed by atoms with van der Waals surface area (Å²) in [4.78, 5) is 13.6. The summed E-state index contributed by atoms with van der Waals surface area (Å²) in [5.41, 5.74) is -2.10. The molecule has 5 N–H and O–H groups in total. The van der Waals surface area contributed by atoms with E-state index in [2.05, 4.69) is 19.9 Å². The van der Waals surface area contributed by atoms with Gasteiger partial charge in [0.25, 0.3) is 0 Å². The van der Waals surface area contributed by atoms with Crippen LogP contribution in [0.1, 0.15) is 86.0 Å². The number of hydrogen-bond donors (Lipinski definition) is 5. The van der Waals surface area contributed by atoms with E-state index in [1.54, 1.807) is 0 Å². The SMILES string of the molecule is CC(C1CC2(C)OC2(C)C(O)O1)C1(O)CCC2C3CC=C4CC(OS(O)(O)O)CC(=O)C4(C)C3CCC21C. The van der Waals surface area contributed by atoms with Crippen molar-refractivity contribution in [3.8, 4) is 0 Å². The number of epoxide rings is 1. The Kier molecular flexibility index (Phi) is 6.00. The highest BCUT2D eigenvalue weighted by molar-refractivity contribution is 8.15. The molecule has 2 aliphatic heterocycles. The van der Waals surface area contributed by atoms with E-state index in [1.165, 1.54) is 0 Å². The summed E-state index contributed by atoms with van der Waals surface area (Å²) in [5.74, 6) is 0.490. The number of aliphatic hydroxyl groups excluding tert-OH is 1. The van der Waals surface area contributed by atoms with Crippen molar-refractivity contribution >= 4 is 16.9 Å². The summed E-state index contributed by atoms with van der Waals surface area (Å²) < 4.78 is 45.1. The predicted octanol–water partition coefficient (Wildman–Crippen LogP) is 4.67. The maximum absolute atomic E-state index is 13.6. The highest BCUT2D eigenvalue weighted by Gasteiger charge is 2.74. The molecular weight excluding hydrogens is 512 g/mol. The molecule has 2 saturated heterocycles. The number of carbonyl (C=O) groups excluding carboxylic acids is 1. The van der Waals surface area contributed by atoms with Crippen LogP contribution in [0.3, 0.4) is 0 Å². The van der Waals surface area contributed by atoms with Crippen LogP contribution in [0.15, 0.2) is 11.6 Å². The second-order valence-electron chi connectivity index (χ2n) is 13.9. The van der Waals surface area contributed by atoms with Crippen molar-refractivity contribution in [1.29, 1.82) is 0 Å². The van der Waals surface area contributed by atoms with Crippen LogP contribution < -0.4 is 0 Å². The predicted molar refractivity (Wildman–Crippen MR) is 140 cm³/mol. The van der Waals surface area contributed by atoms with Gasteiger partial charge in [-0.3, -0.25) is 22.6 Å². The van der Waals surface area contributed by atoms with Crippen molar-refractivity contribution < 1.29 is 42.3 Å². The number of ketones is 1. The molecule has 0 amide bonds. The zero-order valence-corrected chi connectivity index (χ0v) is 23.9. The van der Waals surface area contributed by atoms with E-state index < -0.39 is 45.8 Å². The molecular formula is C28H44O9S. The normalized spacial score (nSPS) is 55.2. The zero-order valence-electron chi connectivity index (χ0n) is 23.1. The molecule has 0 bridgehead atoms. The average molecular weight is 557 g/mol. The quantitative estimate of drug-likeness (QED) is 0.246. The summed E-state index contributed by atoms with van der Waals surface area (Å²) >= 11 is -4.13. The minimum absolute atomic E-state index is 0.0221. The monoisotopic (exact) mass is 556 g/mol. The largest absolute Gasteiger partial charge is 0.389 e. The molecule has 9 nitrogen and oxygen atoms in total. The Labute approximate surface area is 226 Å². The van der Waals surface area contributed by atoms with Gasteiger partial charge in [-0.25, -0.2) is 0 Å². The lowest BCUT2D eigenvalue weighted by Crippen LogP contribution is -2.60. The molecule has 2 heterocycles. The van der Waals surface area contributed by atoms with Gasteiger partial charge in [-0.05, 0) is 82.5 Å². The van der Waals surface area contributed by atoms with Crippen molar-refractivity contribution in [3.63, 3.8) is 0 Å². The summed E-state index contributed by atoms with van der Waals surface area (Å²) in [5, 5.41) is 23.1. The molecule has 0 aromatic carbocycles. The van der Waals surface area contributed by atoms with Gasteiger partial charge in [0.2, 0.25) is 11.2 Å². The van der Waals surface area contributed by atoms with Crippen LogP contribution in [0.2, 0.25) is 0 Å². The minimum Gasteiger partial charge on any atom is -0.389 e. The molecule has 6 aliphatic rings. The van der Waals surface area contributed by atoms with E-state index in [0.717, 1.165) is 31.3 Å². The van der Waals surface area contributed by atoms with Crippen molar-refractivity contribution in [3.05, 3.63) is 11.6 Å². The fourth-order valence-corrected chi connectivity index (χ4v) is 10.4. The molecule has 4 aliphatic carbocycles.